The van der Waals surface area contributed by atoms with Gasteiger partial charge < -0.3 is 39.9 Å². The Balaban J connectivity index is 2.43. The molecule has 0 amide bonds. The number of unbranched alkanes of at least 4 members (excludes halogenated alkanes) is 26. The Labute approximate surface area is 363 Å². The molecule has 1 fully saturated rings. The molecule has 14 heteroatoms. The quantitative estimate of drug-likeness (QED) is 0.0147. The second-order valence-corrected chi connectivity index (χ2v) is 18.4. The summed E-state index contributed by atoms with van der Waals surface area (Å²) in [6, 6.07) is 0. The summed E-state index contributed by atoms with van der Waals surface area (Å²) < 4.78 is 33.6. The van der Waals surface area contributed by atoms with Crippen molar-refractivity contribution in [2.75, 3.05) is 13.2 Å². The fourth-order valence-corrected chi connectivity index (χ4v) is 8.43. The minimum Gasteiger partial charge on any atom is -0.462 e. The predicted molar refractivity (Wildman–Crippen MR) is 235 cm³/mol. The lowest BCUT2D eigenvalue weighted by atomic mass is 9.85. The minimum atomic E-state index is -5.11. The van der Waals surface area contributed by atoms with Gasteiger partial charge in [0.1, 0.15) is 43.2 Å². The molecule has 60 heavy (non-hydrogen) atoms. The summed E-state index contributed by atoms with van der Waals surface area (Å²) in [6.07, 6.45) is 25.5. The summed E-state index contributed by atoms with van der Waals surface area (Å²) in [5.41, 5.74) is 0. The summed E-state index contributed by atoms with van der Waals surface area (Å²) in [7, 11) is -5.11. The number of carbonyl (C=O) groups excluding carboxylic acids is 2. The molecule has 6 N–H and O–H groups in total. The van der Waals surface area contributed by atoms with Crippen molar-refractivity contribution in [3.8, 4) is 0 Å². The number of hydrogen-bond donors (Lipinski definition) is 6. The van der Waals surface area contributed by atoms with E-state index in [2.05, 4.69) is 26.0 Å². The van der Waals surface area contributed by atoms with E-state index in [0.29, 0.717) is 12.8 Å². The largest absolute Gasteiger partial charge is 0.472 e. The van der Waals surface area contributed by atoms with Gasteiger partial charge >= 0.3 is 19.8 Å². The number of hydrogen-bond acceptors (Lipinski definition) is 12. The molecule has 354 valence electrons. The summed E-state index contributed by atoms with van der Waals surface area (Å²) in [4.78, 5) is 35.7. The number of ether oxygens (including phenoxy) is 2. The van der Waals surface area contributed by atoms with Crippen LogP contribution < -0.4 is 0 Å². The lowest BCUT2D eigenvalue weighted by Gasteiger charge is -2.41. The van der Waals surface area contributed by atoms with Gasteiger partial charge in [-0.3, -0.25) is 18.6 Å². The molecule has 0 aliphatic heterocycles. The first-order valence-corrected chi connectivity index (χ1v) is 25.5. The van der Waals surface area contributed by atoms with Crippen molar-refractivity contribution in [3.63, 3.8) is 0 Å². The molecule has 0 aromatic carbocycles. The third-order valence-corrected chi connectivity index (χ3v) is 12.3. The van der Waals surface area contributed by atoms with Crippen LogP contribution in [0.3, 0.4) is 0 Å². The monoisotopic (exact) mass is 879 g/mol. The fraction of sp³-hybridized carbons (Fsp3) is 0.913. The van der Waals surface area contributed by atoms with Crippen LogP contribution in [0.15, 0.2) is 12.2 Å². The highest BCUT2D eigenvalue weighted by Crippen LogP contribution is 2.47. The van der Waals surface area contributed by atoms with Crippen LogP contribution in [0.1, 0.15) is 213 Å². The van der Waals surface area contributed by atoms with Crippen molar-refractivity contribution in [2.24, 2.45) is 0 Å². The summed E-state index contributed by atoms with van der Waals surface area (Å²) in [5.74, 6) is -1.09. The van der Waals surface area contributed by atoms with Gasteiger partial charge in [-0.1, -0.05) is 174 Å². The Morgan fingerprint density at radius 3 is 1.28 bits per heavy atom. The number of esters is 2. The van der Waals surface area contributed by atoms with Crippen LogP contribution in [0.4, 0.5) is 0 Å². The van der Waals surface area contributed by atoms with Crippen molar-refractivity contribution in [1.29, 1.82) is 0 Å². The van der Waals surface area contributed by atoms with Gasteiger partial charge in [0.05, 0.1) is 6.61 Å². The molecule has 0 aromatic heterocycles. The van der Waals surface area contributed by atoms with Crippen molar-refractivity contribution >= 4 is 19.8 Å². The van der Waals surface area contributed by atoms with Crippen molar-refractivity contribution in [3.05, 3.63) is 12.2 Å². The SMILES string of the molecule is CCCCCC/C=C/CCCCCCCCCC(=O)O[C@@H](COC(=O)CCCCCCCCCCCCCCCCCC)COP(=O)(O)OC1C(O)C(O)C(O)[C@H](O)C1O. The van der Waals surface area contributed by atoms with Crippen molar-refractivity contribution in [1.82, 2.24) is 0 Å². The number of allylic oxidation sites excluding steroid dienone is 2. The molecule has 0 radical (unpaired) electrons. The van der Waals surface area contributed by atoms with Crippen LogP contribution in [-0.4, -0.2) is 98.3 Å². The molecule has 1 aliphatic carbocycles. The van der Waals surface area contributed by atoms with Crippen LogP contribution in [0.5, 0.6) is 0 Å². The highest BCUT2D eigenvalue weighted by Gasteiger charge is 2.51. The third-order valence-electron chi connectivity index (χ3n) is 11.4. The third kappa shape index (κ3) is 29.0. The highest BCUT2D eigenvalue weighted by molar-refractivity contribution is 7.47. The Morgan fingerprint density at radius 1 is 0.500 bits per heavy atom. The van der Waals surface area contributed by atoms with E-state index in [-0.39, 0.29) is 12.8 Å². The average Bonchev–Trinajstić information content (AvgIpc) is 3.23. The van der Waals surface area contributed by atoms with Crippen LogP contribution in [0.2, 0.25) is 0 Å². The Morgan fingerprint density at radius 2 is 0.850 bits per heavy atom. The summed E-state index contributed by atoms with van der Waals surface area (Å²) in [5, 5.41) is 50.2. The second-order valence-electron chi connectivity index (χ2n) is 17.0. The van der Waals surface area contributed by atoms with Crippen LogP contribution in [0, 0.1) is 0 Å². The first kappa shape index (κ1) is 56.6. The lowest BCUT2D eigenvalue weighted by Crippen LogP contribution is -2.64. The van der Waals surface area contributed by atoms with E-state index in [9.17, 15) is 44.6 Å². The second kappa shape index (κ2) is 37.0. The molecule has 0 bridgehead atoms. The van der Waals surface area contributed by atoms with Crippen LogP contribution in [0.25, 0.3) is 0 Å². The average molecular weight is 879 g/mol. The molecular formula is C46H87O13P. The van der Waals surface area contributed by atoms with Gasteiger partial charge in [0.15, 0.2) is 6.10 Å². The Kier molecular flexibility index (Phi) is 34.9. The predicted octanol–water partition coefficient (Wildman–Crippen LogP) is 9.45. The van der Waals surface area contributed by atoms with E-state index in [1.807, 2.05) is 0 Å². The molecular weight excluding hydrogens is 791 g/mol. The molecule has 1 aliphatic rings. The molecule has 0 aromatic rings. The normalized spacial score (nSPS) is 22.2. The van der Waals surface area contributed by atoms with Crippen molar-refractivity contribution in [2.45, 2.75) is 256 Å². The first-order chi connectivity index (χ1) is 28.9. The topological polar surface area (TPSA) is 210 Å². The smallest absolute Gasteiger partial charge is 0.462 e. The van der Waals surface area contributed by atoms with Gasteiger partial charge in [-0.15, -0.1) is 0 Å². The maximum absolute atomic E-state index is 12.8. The van der Waals surface area contributed by atoms with E-state index >= 15 is 0 Å². The van der Waals surface area contributed by atoms with Gasteiger partial charge in [-0.2, -0.15) is 0 Å². The molecule has 8 atom stereocenters. The van der Waals surface area contributed by atoms with E-state index < -0.39 is 75.7 Å². The number of rotatable bonds is 40. The maximum atomic E-state index is 12.8. The van der Waals surface area contributed by atoms with E-state index in [1.165, 1.54) is 116 Å². The molecule has 6 unspecified atom stereocenters. The number of carbonyl (C=O) groups is 2. The van der Waals surface area contributed by atoms with E-state index in [1.54, 1.807) is 0 Å². The zero-order chi connectivity index (χ0) is 44.3. The Bertz CT molecular complexity index is 1110. The highest BCUT2D eigenvalue weighted by atomic mass is 31.2. The standard InChI is InChI=1S/C46H87O13P/c1-3-5-7-9-11-13-15-17-19-21-22-24-26-28-30-32-34-39(47)56-36-38(37-57-60(54,55)59-46-44(52)42(50)41(49)43(51)45(46)53)58-40(48)35-33-31-29-27-25-23-20-18-16-14-12-10-8-6-4-2/h14,16,38,41-46,49-53H,3-13,15,17-37H2,1-2H3,(H,54,55)/b16-14+/t38-,41?,42-,43?,44?,45?,46?/m0/s1. The summed E-state index contributed by atoms with van der Waals surface area (Å²) >= 11 is 0. The maximum Gasteiger partial charge on any atom is 0.472 e. The van der Waals surface area contributed by atoms with Gasteiger partial charge in [0.2, 0.25) is 0 Å². The molecule has 0 heterocycles. The molecule has 1 saturated carbocycles. The van der Waals surface area contributed by atoms with E-state index in [0.717, 1.165) is 57.8 Å². The van der Waals surface area contributed by atoms with Gasteiger partial charge in [-0.25, -0.2) is 4.57 Å². The van der Waals surface area contributed by atoms with Crippen molar-refractivity contribution < 1.29 is 63.1 Å². The lowest BCUT2D eigenvalue weighted by molar-refractivity contribution is -0.220. The number of aliphatic hydroxyl groups excluding tert-OH is 5. The minimum absolute atomic E-state index is 0.0958. The molecule has 1 rings (SSSR count). The number of phosphoric ester groups is 1. The van der Waals surface area contributed by atoms with Crippen LogP contribution in [-0.2, 0) is 32.7 Å². The first-order valence-electron chi connectivity index (χ1n) is 24.0. The zero-order valence-electron chi connectivity index (χ0n) is 37.5. The Hall–Kier alpha value is -1.41. The van der Waals surface area contributed by atoms with Gasteiger partial charge in [-0.05, 0) is 38.5 Å². The van der Waals surface area contributed by atoms with Gasteiger partial charge in [0, 0.05) is 12.8 Å². The molecule has 13 nitrogen and oxygen atoms in total. The molecule has 0 saturated heterocycles. The molecule has 0 spiro atoms. The van der Waals surface area contributed by atoms with E-state index in [4.69, 9.17) is 18.5 Å². The van der Waals surface area contributed by atoms with Gasteiger partial charge in [0.25, 0.3) is 0 Å². The van der Waals surface area contributed by atoms with Crippen LogP contribution >= 0.6 is 7.82 Å². The number of phosphoric acid groups is 1. The fourth-order valence-electron chi connectivity index (χ4n) is 7.46. The number of aliphatic hydroxyl groups is 5. The summed E-state index contributed by atoms with van der Waals surface area (Å²) in [6.45, 7) is 3.30. The zero-order valence-corrected chi connectivity index (χ0v) is 38.4.